The Balaban J connectivity index is 1.60. The van der Waals surface area contributed by atoms with Crippen LogP contribution < -0.4 is 5.32 Å². The van der Waals surface area contributed by atoms with E-state index in [0.29, 0.717) is 48.0 Å². The minimum Gasteiger partial charge on any atom is -0.354 e. The van der Waals surface area contributed by atoms with Crippen LogP contribution in [0.15, 0.2) is 42.5 Å². The Kier molecular flexibility index (Phi) is 6.56. The highest BCUT2D eigenvalue weighted by Crippen LogP contribution is 2.22. The van der Waals surface area contributed by atoms with Crippen LogP contribution in [0.4, 0.5) is 0 Å². The molecular formula is C21H19Cl2N3O2. The molecule has 1 heterocycles. The number of nitrogens with one attached hydrogen (secondary N) is 1. The Morgan fingerprint density at radius 1 is 1.18 bits per heavy atom. The zero-order valence-electron chi connectivity index (χ0n) is 15.1. The maximum absolute atomic E-state index is 12.6. The lowest BCUT2D eigenvalue weighted by Crippen LogP contribution is -2.44. The molecule has 1 aliphatic heterocycles. The van der Waals surface area contributed by atoms with Gasteiger partial charge in [-0.15, -0.1) is 0 Å². The summed E-state index contributed by atoms with van der Waals surface area (Å²) in [6, 6.07) is 14.0. The van der Waals surface area contributed by atoms with Gasteiger partial charge in [-0.3, -0.25) is 9.59 Å². The molecule has 1 fully saturated rings. The second kappa shape index (κ2) is 9.09. The molecular weight excluding hydrogens is 397 g/mol. The second-order valence-electron chi connectivity index (χ2n) is 6.71. The lowest BCUT2D eigenvalue weighted by molar-refractivity contribution is -0.135. The fraction of sp³-hybridized carbons (Fsp3) is 0.286. The van der Waals surface area contributed by atoms with Gasteiger partial charge in [-0.1, -0.05) is 35.3 Å². The summed E-state index contributed by atoms with van der Waals surface area (Å²) in [5, 5.41) is 13.0. The third kappa shape index (κ3) is 5.03. The second-order valence-corrected chi connectivity index (χ2v) is 7.58. The van der Waals surface area contributed by atoms with Crippen molar-refractivity contribution in [2.75, 3.05) is 6.54 Å². The number of nitrogens with zero attached hydrogens (tertiary/aromatic N) is 2. The molecule has 3 rings (SSSR count). The minimum atomic E-state index is -0.499. The Hall–Kier alpha value is -2.55. The molecule has 1 N–H and O–H groups in total. The Labute approximate surface area is 173 Å². The number of rotatable bonds is 6. The van der Waals surface area contributed by atoms with Crippen LogP contribution in [0.5, 0.6) is 0 Å². The fourth-order valence-electron chi connectivity index (χ4n) is 3.34. The first kappa shape index (κ1) is 20.2. The number of likely N-dealkylation sites (tertiary alicyclic amines) is 1. The van der Waals surface area contributed by atoms with E-state index < -0.39 is 6.04 Å². The summed E-state index contributed by atoms with van der Waals surface area (Å²) >= 11 is 12.0. The SMILES string of the molecule is N#Cc1cccc(CN2C(=O)CCC2C(=O)NCCc2cc(Cl)cc(Cl)c2)c1. The Morgan fingerprint density at radius 2 is 1.93 bits per heavy atom. The first-order chi connectivity index (χ1) is 13.5. The van der Waals surface area contributed by atoms with Crippen molar-refractivity contribution < 1.29 is 9.59 Å². The quantitative estimate of drug-likeness (QED) is 0.780. The van der Waals surface area contributed by atoms with Gasteiger partial charge in [0.15, 0.2) is 0 Å². The van der Waals surface area contributed by atoms with Gasteiger partial charge in [-0.05, 0) is 54.3 Å². The van der Waals surface area contributed by atoms with Crippen LogP contribution in [0.3, 0.4) is 0 Å². The molecule has 0 bridgehead atoms. The third-order valence-electron chi connectivity index (χ3n) is 4.68. The van der Waals surface area contributed by atoms with E-state index in [1.165, 1.54) is 0 Å². The van der Waals surface area contributed by atoms with E-state index in [2.05, 4.69) is 11.4 Å². The molecule has 1 saturated heterocycles. The lowest BCUT2D eigenvalue weighted by Gasteiger charge is -2.24. The summed E-state index contributed by atoms with van der Waals surface area (Å²) in [4.78, 5) is 26.5. The van der Waals surface area contributed by atoms with Crippen LogP contribution >= 0.6 is 23.2 Å². The van der Waals surface area contributed by atoms with Crippen LogP contribution in [-0.4, -0.2) is 29.3 Å². The first-order valence-corrected chi connectivity index (χ1v) is 9.73. The molecule has 0 aliphatic carbocycles. The molecule has 144 valence electrons. The Bertz CT molecular complexity index is 919. The maximum atomic E-state index is 12.6. The number of hydrogen-bond donors (Lipinski definition) is 1. The lowest BCUT2D eigenvalue weighted by atomic mass is 10.1. The van der Waals surface area contributed by atoms with Crippen molar-refractivity contribution in [3.05, 3.63) is 69.2 Å². The zero-order chi connectivity index (χ0) is 20.1. The summed E-state index contributed by atoms with van der Waals surface area (Å²) in [5.41, 5.74) is 2.30. The number of carbonyl (C=O) groups is 2. The highest BCUT2D eigenvalue weighted by molar-refractivity contribution is 6.34. The highest BCUT2D eigenvalue weighted by atomic mass is 35.5. The monoisotopic (exact) mass is 415 g/mol. The summed E-state index contributed by atoms with van der Waals surface area (Å²) < 4.78 is 0. The van der Waals surface area contributed by atoms with Crippen molar-refractivity contribution in [1.29, 1.82) is 5.26 Å². The number of hydrogen-bond acceptors (Lipinski definition) is 3. The normalized spacial score (nSPS) is 16.1. The molecule has 7 heteroatoms. The zero-order valence-corrected chi connectivity index (χ0v) is 16.6. The number of nitriles is 1. The molecule has 0 saturated carbocycles. The highest BCUT2D eigenvalue weighted by Gasteiger charge is 2.35. The smallest absolute Gasteiger partial charge is 0.242 e. The fourth-order valence-corrected chi connectivity index (χ4v) is 3.91. The van der Waals surface area contributed by atoms with E-state index in [-0.39, 0.29) is 11.8 Å². The van der Waals surface area contributed by atoms with Gasteiger partial charge in [0.25, 0.3) is 0 Å². The predicted molar refractivity (Wildman–Crippen MR) is 108 cm³/mol. The average molecular weight is 416 g/mol. The average Bonchev–Trinajstić information content (AvgIpc) is 3.01. The Morgan fingerprint density at radius 3 is 2.64 bits per heavy atom. The van der Waals surface area contributed by atoms with Crippen LogP contribution in [0.25, 0.3) is 0 Å². The standard InChI is InChI=1S/C21H19Cl2N3O2/c22-17-9-14(10-18(23)11-17)6-7-25-21(28)19-4-5-20(27)26(19)13-16-3-1-2-15(8-16)12-24/h1-3,8-11,19H,4-7,13H2,(H,25,28). The molecule has 2 aromatic rings. The maximum Gasteiger partial charge on any atom is 0.242 e. The van der Waals surface area contributed by atoms with E-state index in [4.69, 9.17) is 28.5 Å². The summed E-state index contributed by atoms with van der Waals surface area (Å²) in [6.45, 7) is 0.744. The van der Waals surface area contributed by atoms with Crippen molar-refractivity contribution >= 4 is 35.0 Å². The molecule has 0 spiro atoms. The molecule has 1 atom stereocenters. The number of halogens is 2. The molecule has 28 heavy (non-hydrogen) atoms. The third-order valence-corrected chi connectivity index (χ3v) is 5.11. The van der Waals surface area contributed by atoms with E-state index in [1.54, 1.807) is 29.2 Å². The summed E-state index contributed by atoms with van der Waals surface area (Å²) in [7, 11) is 0. The van der Waals surface area contributed by atoms with Gasteiger partial charge >= 0.3 is 0 Å². The van der Waals surface area contributed by atoms with Crippen LogP contribution in [0.1, 0.15) is 29.5 Å². The number of amides is 2. The van der Waals surface area contributed by atoms with Crippen molar-refractivity contribution in [3.63, 3.8) is 0 Å². The molecule has 0 radical (unpaired) electrons. The van der Waals surface area contributed by atoms with Crippen molar-refractivity contribution in [3.8, 4) is 6.07 Å². The molecule has 1 unspecified atom stereocenters. The molecule has 2 aromatic carbocycles. The van der Waals surface area contributed by atoms with E-state index in [9.17, 15) is 9.59 Å². The molecule has 0 aromatic heterocycles. The van der Waals surface area contributed by atoms with Gasteiger partial charge in [-0.25, -0.2) is 0 Å². The number of benzene rings is 2. The van der Waals surface area contributed by atoms with Gasteiger partial charge in [-0.2, -0.15) is 5.26 Å². The predicted octanol–water partition coefficient (Wildman–Crippen LogP) is 3.71. The van der Waals surface area contributed by atoms with Crippen molar-refractivity contribution in [1.82, 2.24) is 10.2 Å². The van der Waals surface area contributed by atoms with Crippen LogP contribution in [-0.2, 0) is 22.6 Å². The van der Waals surface area contributed by atoms with Crippen molar-refractivity contribution in [2.45, 2.75) is 31.8 Å². The topological polar surface area (TPSA) is 73.2 Å². The van der Waals surface area contributed by atoms with Crippen LogP contribution in [0, 0.1) is 11.3 Å². The van der Waals surface area contributed by atoms with Gasteiger partial charge in [0.1, 0.15) is 6.04 Å². The van der Waals surface area contributed by atoms with E-state index >= 15 is 0 Å². The first-order valence-electron chi connectivity index (χ1n) is 8.97. The summed E-state index contributed by atoms with van der Waals surface area (Å²) in [6.07, 6.45) is 1.43. The molecule has 2 amide bonds. The van der Waals surface area contributed by atoms with Gasteiger partial charge in [0, 0.05) is 29.6 Å². The molecule has 1 aliphatic rings. The van der Waals surface area contributed by atoms with Gasteiger partial charge in [0.05, 0.1) is 11.6 Å². The minimum absolute atomic E-state index is 0.0517. The summed E-state index contributed by atoms with van der Waals surface area (Å²) in [5.74, 6) is -0.223. The number of carbonyl (C=O) groups excluding carboxylic acids is 2. The molecule has 5 nitrogen and oxygen atoms in total. The largest absolute Gasteiger partial charge is 0.354 e. The van der Waals surface area contributed by atoms with Gasteiger partial charge < -0.3 is 10.2 Å². The van der Waals surface area contributed by atoms with Crippen molar-refractivity contribution in [2.24, 2.45) is 0 Å². The van der Waals surface area contributed by atoms with E-state index in [1.807, 2.05) is 18.2 Å². The van der Waals surface area contributed by atoms with Crippen LogP contribution in [0.2, 0.25) is 10.0 Å². The van der Waals surface area contributed by atoms with E-state index in [0.717, 1.165) is 11.1 Å². The van der Waals surface area contributed by atoms with Gasteiger partial charge in [0.2, 0.25) is 11.8 Å².